The van der Waals surface area contributed by atoms with Crippen molar-refractivity contribution in [3.8, 4) is 0 Å². The number of nitrogens with two attached hydrogens (primary N) is 2. The van der Waals surface area contributed by atoms with Crippen LogP contribution in [0.2, 0.25) is 0 Å². The van der Waals surface area contributed by atoms with E-state index in [4.69, 9.17) is 49.9 Å². The number of carbonyl (C=O) groups is 6. The van der Waals surface area contributed by atoms with Crippen LogP contribution in [0.4, 0.5) is 17.1 Å². The number of unbranched alkanes of at least 4 members (excludes halogenated alkanes) is 3. The van der Waals surface area contributed by atoms with E-state index >= 15 is 0 Å². The fourth-order valence-electron chi connectivity index (χ4n) is 9.27. The van der Waals surface area contributed by atoms with Gasteiger partial charge in [0.2, 0.25) is 23.6 Å². The highest BCUT2D eigenvalue weighted by Crippen LogP contribution is 2.38. The molecule has 4 aromatic carbocycles. The molecule has 6 amide bonds. The summed E-state index contributed by atoms with van der Waals surface area (Å²) in [5, 5.41) is 23.6. The van der Waals surface area contributed by atoms with Gasteiger partial charge in [0.15, 0.2) is 0 Å². The molecule has 7 rings (SSSR count). The lowest BCUT2D eigenvalue weighted by molar-refractivity contribution is -0.125. The summed E-state index contributed by atoms with van der Waals surface area (Å²) in [6, 6.07) is 28.1. The van der Waals surface area contributed by atoms with Crippen molar-refractivity contribution in [2.75, 3.05) is 102 Å². The Kier molecular flexibility index (Phi) is 31.5. The van der Waals surface area contributed by atoms with Crippen LogP contribution >= 0.6 is 18.1 Å². The van der Waals surface area contributed by atoms with Crippen molar-refractivity contribution in [3.05, 3.63) is 124 Å². The number of para-hydroxylation sites is 2. The molecular weight excluding hydrogens is 1180 g/mol. The molecule has 0 saturated carbocycles. The third-order valence-corrected chi connectivity index (χ3v) is 15.4. The van der Waals surface area contributed by atoms with Crippen molar-refractivity contribution in [1.29, 1.82) is 0 Å². The zero-order valence-corrected chi connectivity index (χ0v) is 52.3. The Hall–Kier alpha value is -6.71. The highest BCUT2D eigenvalue weighted by molar-refractivity contribution is 8.06. The summed E-state index contributed by atoms with van der Waals surface area (Å²) in [7, 11) is 1.00. The number of aliphatic hydroxyl groups excluding tert-OH is 1. The molecule has 26 heteroatoms. The molecule has 0 spiro atoms. The van der Waals surface area contributed by atoms with Crippen LogP contribution in [0.25, 0.3) is 21.5 Å². The molecule has 1 atom stereocenters. The van der Waals surface area contributed by atoms with Crippen molar-refractivity contribution in [2.24, 2.45) is 11.6 Å². The zero-order chi connectivity index (χ0) is 63.0. The van der Waals surface area contributed by atoms with Gasteiger partial charge in [0.05, 0.1) is 112 Å². The summed E-state index contributed by atoms with van der Waals surface area (Å²) in [4.78, 5) is 98.7. The number of hydrogen-bond donors (Lipinski definition) is 10. The second-order valence-electron chi connectivity index (χ2n) is 19.6. The number of ether oxygens (including phenoxy) is 4. The molecule has 1 unspecified atom stereocenters. The normalized spacial score (nSPS) is 14.7. The number of carbonyl (C=O) groups excluding carboxylic acids is 6. The number of nitrogens with zero attached hydrogens (tertiary/aromatic N) is 2. The first kappa shape index (κ1) is 71.0. The maximum Gasteiger partial charge on any atom is 0.321 e. The molecule has 1 saturated heterocycles. The smallest absolute Gasteiger partial charge is 0.321 e. The first-order valence-corrected chi connectivity index (χ1v) is 32.6. The van der Waals surface area contributed by atoms with Gasteiger partial charge in [-0.25, -0.2) is 5.84 Å². The maximum atomic E-state index is 13.9. The molecule has 87 heavy (non-hydrogen) atoms. The summed E-state index contributed by atoms with van der Waals surface area (Å²) in [6.07, 6.45) is 5.26. The van der Waals surface area contributed by atoms with E-state index in [1.54, 1.807) is 52.4 Å². The van der Waals surface area contributed by atoms with Crippen molar-refractivity contribution < 1.29 is 67.1 Å². The third kappa shape index (κ3) is 23.7. The standard InChI is InChI=1S/C58H74N9O13PS2.C2H6.CH4O/c59-54-45-16-6-8-19-48(45)66(53(70)23-22-51(68)61-25-10-1-2-12-28-80-81(74,75)82)39-40-13-3-4-14-43(40)55(54)67(60)27-30-77-32-34-79-36-35-78-33-31-76-29-24-52(69)63-42-20-21-49-41(37-42)38-50(83-49)58(73)64-46-17-7-5-15-44(46)56(71)65-47-18-9-11-26-62-57(47)72;2*1-2/h3-8,13-17,19-21,37-38,47H,1-2,9-12,18,22-36,39,59-60H2,(H,61,68)(H,62,72)(H,63,69)(H,64,73)(H,65,71)(H2,74,75,82);1-2H3;2H,1H3/b55-54-;;. The van der Waals surface area contributed by atoms with Crippen molar-refractivity contribution >= 4 is 104 Å². The van der Waals surface area contributed by atoms with E-state index in [2.05, 4.69) is 38.4 Å². The SMILES string of the molecule is CC.CO.N/C1=C(\N(N)CCOCCOCCOCCOCCC(=O)Nc2ccc3sc(C(=O)Nc4ccccc4C(=O)NC4CCCCNC4=O)cc3c2)c2ccccc2CN(C(=O)CCC(=O)NCCCCCCOP(O)(O)=S)c2ccccc21. The average molecular weight is 1260 g/mol. The number of fused-ring (bicyclic) bond motifs is 3. The van der Waals surface area contributed by atoms with Gasteiger partial charge in [-0.2, -0.15) is 0 Å². The van der Waals surface area contributed by atoms with Crippen LogP contribution in [0.15, 0.2) is 97.1 Å². The van der Waals surface area contributed by atoms with Gasteiger partial charge < -0.3 is 80.6 Å². The molecule has 3 heterocycles. The van der Waals surface area contributed by atoms with Gasteiger partial charge >= 0.3 is 6.72 Å². The molecule has 0 aliphatic carbocycles. The molecule has 474 valence electrons. The van der Waals surface area contributed by atoms with Crippen LogP contribution in [-0.4, -0.2) is 148 Å². The number of aliphatic hydroxyl groups is 1. The molecule has 1 aromatic heterocycles. The fraction of sp³-hybridized carbons (Fsp3) is 0.443. The number of anilines is 3. The number of amides is 6. The Labute approximate surface area is 517 Å². The van der Waals surface area contributed by atoms with Crippen LogP contribution in [0.5, 0.6) is 0 Å². The number of benzene rings is 4. The highest BCUT2D eigenvalue weighted by Gasteiger charge is 2.29. The van der Waals surface area contributed by atoms with Crippen LogP contribution < -0.4 is 43.1 Å². The molecule has 2 aliphatic rings. The van der Waals surface area contributed by atoms with E-state index in [1.807, 2.05) is 68.4 Å². The molecule has 2 aliphatic heterocycles. The van der Waals surface area contributed by atoms with E-state index < -0.39 is 24.6 Å². The van der Waals surface area contributed by atoms with Gasteiger partial charge in [-0.05, 0) is 97.3 Å². The van der Waals surface area contributed by atoms with Crippen LogP contribution in [0.1, 0.15) is 115 Å². The van der Waals surface area contributed by atoms with Gasteiger partial charge in [0.25, 0.3) is 11.8 Å². The molecule has 0 bridgehead atoms. The lowest BCUT2D eigenvalue weighted by Crippen LogP contribution is -2.45. The largest absolute Gasteiger partial charge is 0.400 e. The molecule has 23 nitrogen and oxygen atoms in total. The number of hydrogen-bond acceptors (Lipinski definition) is 17. The number of nitrogens with one attached hydrogen (secondary N) is 5. The predicted molar refractivity (Wildman–Crippen MR) is 342 cm³/mol. The Morgan fingerprint density at radius 1 is 0.736 bits per heavy atom. The van der Waals surface area contributed by atoms with E-state index in [-0.39, 0.29) is 74.8 Å². The molecular formula is C61H84N9O14PS2. The summed E-state index contributed by atoms with van der Waals surface area (Å²) in [5.41, 5.74) is 11.9. The monoisotopic (exact) mass is 1260 g/mol. The molecule has 1 fully saturated rings. The van der Waals surface area contributed by atoms with Crippen molar-refractivity contribution in [3.63, 3.8) is 0 Å². The molecule has 5 aromatic rings. The quantitative estimate of drug-likeness (QED) is 0.00919. The Bertz CT molecular complexity index is 3110. The van der Waals surface area contributed by atoms with E-state index in [1.165, 1.54) is 11.3 Å². The summed E-state index contributed by atoms with van der Waals surface area (Å²) in [6.45, 7) is 4.49. The highest BCUT2D eigenvalue weighted by atomic mass is 32.5. The van der Waals surface area contributed by atoms with Gasteiger partial charge in [-0.3, -0.25) is 28.8 Å². The van der Waals surface area contributed by atoms with Crippen LogP contribution in [0, 0.1) is 0 Å². The predicted octanol–water partition coefficient (Wildman–Crippen LogP) is 6.77. The number of rotatable bonds is 32. The van der Waals surface area contributed by atoms with E-state index in [0.717, 1.165) is 60.4 Å². The number of thiophene rings is 1. The van der Waals surface area contributed by atoms with E-state index in [9.17, 15) is 28.8 Å². The summed E-state index contributed by atoms with van der Waals surface area (Å²) >= 11 is 5.73. The van der Waals surface area contributed by atoms with Gasteiger partial charge in [0, 0.05) is 54.6 Å². The van der Waals surface area contributed by atoms with Gasteiger partial charge in [-0.15, -0.1) is 11.3 Å². The van der Waals surface area contributed by atoms with Crippen LogP contribution in [0.3, 0.4) is 0 Å². The lowest BCUT2D eigenvalue weighted by atomic mass is 9.95. The molecule has 12 N–H and O–H groups in total. The lowest BCUT2D eigenvalue weighted by Gasteiger charge is -2.33. The van der Waals surface area contributed by atoms with Crippen molar-refractivity contribution in [2.45, 2.75) is 90.6 Å². The molecule has 0 radical (unpaired) electrons. The zero-order valence-electron chi connectivity index (χ0n) is 49.7. The first-order chi connectivity index (χ1) is 42.1. The van der Waals surface area contributed by atoms with E-state index in [0.29, 0.717) is 111 Å². The third-order valence-electron chi connectivity index (χ3n) is 13.5. The Balaban J connectivity index is 0.00000338. The minimum Gasteiger partial charge on any atom is -0.400 e. The van der Waals surface area contributed by atoms with Gasteiger partial charge in [-0.1, -0.05) is 81.3 Å². The maximum absolute atomic E-state index is 13.9. The second kappa shape index (κ2) is 38.5. The Morgan fingerprint density at radius 3 is 2.13 bits per heavy atom. The summed E-state index contributed by atoms with van der Waals surface area (Å²) < 4.78 is 28.4. The minimum absolute atomic E-state index is 0.0104. The summed E-state index contributed by atoms with van der Waals surface area (Å²) in [5.74, 6) is 4.97. The second-order valence-corrected chi connectivity index (χ2v) is 23.4. The van der Waals surface area contributed by atoms with Crippen molar-refractivity contribution in [1.82, 2.24) is 21.0 Å². The number of hydrazine groups is 1. The van der Waals surface area contributed by atoms with Gasteiger partial charge in [0.1, 0.15) is 6.04 Å². The van der Waals surface area contributed by atoms with Crippen LogP contribution in [-0.2, 0) is 61.0 Å². The Morgan fingerprint density at radius 2 is 1.39 bits per heavy atom. The topological polar surface area (TPSA) is 328 Å². The minimum atomic E-state index is -3.64. The fourth-order valence-corrected chi connectivity index (χ4v) is 10.8. The first-order valence-electron chi connectivity index (χ1n) is 29.2. The average Bonchev–Trinajstić information content (AvgIpc) is 1.51.